The summed E-state index contributed by atoms with van der Waals surface area (Å²) in [5.74, 6) is 1.56. The minimum absolute atomic E-state index is 0. The number of carbonyl (C=O) groups is 2. The van der Waals surface area contributed by atoms with Gasteiger partial charge in [-0.1, -0.05) is 0 Å². The molecule has 0 spiro atoms. The molecule has 1 aliphatic rings. The van der Waals surface area contributed by atoms with Crippen LogP contribution in [0.4, 0.5) is 0 Å². The summed E-state index contributed by atoms with van der Waals surface area (Å²) in [4.78, 5) is 39.9. The molecule has 1 saturated heterocycles. The molecule has 280 valence electrons. The van der Waals surface area contributed by atoms with E-state index in [0.29, 0.717) is 65.8 Å². The van der Waals surface area contributed by atoms with E-state index in [1.165, 1.54) is 25.3 Å². The lowest BCUT2D eigenvalue weighted by atomic mass is 10.1. The van der Waals surface area contributed by atoms with Gasteiger partial charge in [-0.15, -0.1) is 0 Å². The van der Waals surface area contributed by atoms with Gasteiger partial charge in [-0.05, 0) is 37.3 Å². The standard InChI is InChI=1S/C37H42N2O12.HI/c1-7-48-34(43)22-50-31-16-23(8-10-28(31)44-3)30-19-27(41)35-26(40)17-25(18-32(35)51-30)49-21-33(42)38-12-14-39(2,15-13-38)20-24-9-11-29(45-4)37(47-6)36(24)46-5;/h8-11,16-19H,7,12-15,20-22H2,1-6H3;1H. The number of halogens is 1. The summed E-state index contributed by atoms with van der Waals surface area (Å²) in [6, 6.07) is 12.6. The summed E-state index contributed by atoms with van der Waals surface area (Å²) in [7, 11) is 8.35. The molecule has 0 unspecified atom stereocenters. The molecule has 1 fully saturated rings. The first kappa shape index (κ1) is 39.9. The third kappa shape index (κ3) is 8.93. The van der Waals surface area contributed by atoms with Gasteiger partial charge in [0.2, 0.25) is 5.75 Å². The fourth-order valence-corrected chi connectivity index (χ4v) is 6.04. The third-order valence-corrected chi connectivity index (χ3v) is 8.75. The number of quaternary nitrogens is 1. The number of amides is 1. The van der Waals surface area contributed by atoms with Crippen LogP contribution in [0, 0.1) is 0 Å². The summed E-state index contributed by atoms with van der Waals surface area (Å²) in [5, 5.41) is 10.7. The van der Waals surface area contributed by atoms with Crippen molar-refractivity contribution in [1.29, 1.82) is 0 Å². The molecule has 1 aliphatic heterocycles. The molecule has 0 radical (unpaired) electrons. The van der Waals surface area contributed by atoms with E-state index in [-0.39, 0.29) is 83.7 Å². The van der Waals surface area contributed by atoms with Gasteiger partial charge < -0.3 is 76.0 Å². The summed E-state index contributed by atoms with van der Waals surface area (Å²) >= 11 is 0. The molecule has 0 aliphatic carbocycles. The highest BCUT2D eigenvalue weighted by Gasteiger charge is 2.33. The molecule has 0 saturated carbocycles. The molecular formula is C37H43IN2O12. The van der Waals surface area contributed by atoms with Crippen molar-refractivity contribution in [2.75, 3.05) is 81.5 Å². The number of benzene rings is 3. The first-order chi connectivity index (χ1) is 24.5. The van der Waals surface area contributed by atoms with Crippen molar-refractivity contribution < 1.29 is 80.7 Å². The summed E-state index contributed by atoms with van der Waals surface area (Å²) in [5.41, 5.74) is 0.994. The fraction of sp³-hybridized carbons (Fsp3) is 0.378. The highest BCUT2D eigenvalue weighted by atomic mass is 127. The number of phenols is 1. The van der Waals surface area contributed by atoms with Gasteiger partial charge in [0.25, 0.3) is 5.91 Å². The Morgan fingerprint density at radius 1 is 0.846 bits per heavy atom. The van der Waals surface area contributed by atoms with Crippen molar-refractivity contribution in [2.24, 2.45) is 0 Å². The Bertz CT molecular complexity index is 1960. The number of methoxy groups -OCH3 is 4. The van der Waals surface area contributed by atoms with Crippen molar-refractivity contribution in [2.45, 2.75) is 13.5 Å². The fourth-order valence-electron chi connectivity index (χ4n) is 6.04. The minimum Gasteiger partial charge on any atom is -1.00 e. The Labute approximate surface area is 318 Å². The molecule has 0 bridgehead atoms. The predicted molar refractivity (Wildman–Crippen MR) is 186 cm³/mol. The number of hydrogen-bond donors (Lipinski definition) is 1. The number of rotatable bonds is 14. The monoisotopic (exact) mass is 834 g/mol. The summed E-state index contributed by atoms with van der Waals surface area (Å²) in [6.07, 6.45) is 0. The zero-order valence-corrected chi connectivity index (χ0v) is 32.1. The lowest BCUT2D eigenvalue weighted by Crippen LogP contribution is -3.00. The molecule has 1 amide bonds. The van der Waals surface area contributed by atoms with Crippen molar-refractivity contribution in [3.63, 3.8) is 0 Å². The van der Waals surface area contributed by atoms with Gasteiger partial charge in [-0.25, -0.2) is 4.79 Å². The maximum absolute atomic E-state index is 13.2. The molecule has 1 aromatic heterocycles. The van der Waals surface area contributed by atoms with Crippen LogP contribution in [-0.2, 0) is 20.9 Å². The number of aromatic hydroxyl groups is 1. The van der Waals surface area contributed by atoms with Gasteiger partial charge in [0, 0.05) is 23.8 Å². The van der Waals surface area contributed by atoms with Gasteiger partial charge in [0.15, 0.2) is 41.6 Å². The SMILES string of the molecule is CCOC(=O)COc1cc(-c2cc(=O)c3c(O)cc(OCC(=O)N4CC[N+](C)(Cc5ccc(OC)c(OC)c5OC)CC4)cc3o2)ccc1OC.[I-]. The number of fused-ring (bicyclic) bond motifs is 1. The maximum atomic E-state index is 13.2. The van der Waals surface area contributed by atoms with E-state index in [9.17, 15) is 19.5 Å². The molecule has 3 aromatic carbocycles. The van der Waals surface area contributed by atoms with Crippen LogP contribution >= 0.6 is 0 Å². The quantitative estimate of drug-likeness (QED) is 0.110. The first-order valence-electron chi connectivity index (χ1n) is 16.3. The van der Waals surface area contributed by atoms with E-state index in [2.05, 4.69) is 7.05 Å². The average Bonchev–Trinajstić information content (AvgIpc) is 3.12. The normalized spacial score (nSPS) is 13.5. The average molecular weight is 835 g/mol. The molecule has 2 heterocycles. The number of piperazine rings is 1. The van der Waals surface area contributed by atoms with Crippen LogP contribution in [0.1, 0.15) is 12.5 Å². The molecule has 15 heteroatoms. The number of esters is 1. The van der Waals surface area contributed by atoms with Crippen molar-refractivity contribution in [1.82, 2.24) is 4.90 Å². The molecule has 14 nitrogen and oxygen atoms in total. The minimum atomic E-state index is -0.547. The Morgan fingerprint density at radius 2 is 1.54 bits per heavy atom. The van der Waals surface area contributed by atoms with Crippen molar-refractivity contribution >= 4 is 22.8 Å². The number of carbonyl (C=O) groups excluding carboxylic acids is 2. The van der Waals surface area contributed by atoms with E-state index >= 15 is 0 Å². The predicted octanol–water partition coefficient (Wildman–Crippen LogP) is 1.01. The number of nitrogens with zero attached hydrogens (tertiary/aromatic N) is 2. The van der Waals surface area contributed by atoms with Crippen LogP contribution < -0.4 is 57.8 Å². The van der Waals surface area contributed by atoms with Gasteiger partial charge in [-0.2, -0.15) is 0 Å². The van der Waals surface area contributed by atoms with E-state index in [1.54, 1.807) is 51.4 Å². The van der Waals surface area contributed by atoms with E-state index in [4.69, 9.17) is 37.6 Å². The van der Waals surface area contributed by atoms with Crippen LogP contribution in [0.15, 0.2) is 57.7 Å². The number of likely N-dealkylation sites (N-methyl/N-ethyl adjacent to an activating group) is 1. The van der Waals surface area contributed by atoms with Crippen LogP contribution in [-0.4, -0.2) is 108 Å². The number of hydrogen-bond acceptors (Lipinski definition) is 12. The van der Waals surface area contributed by atoms with Crippen molar-refractivity contribution in [3.05, 3.63) is 64.3 Å². The van der Waals surface area contributed by atoms with E-state index in [1.807, 2.05) is 12.1 Å². The van der Waals surface area contributed by atoms with Crippen LogP contribution in [0.25, 0.3) is 22.3 Å². The van der Waals surface area contributed by atoms with Crippen LogP contribution in [0.5, 0.6) is 40.2 Å². The molecule has 0 atom stereocenters. The second-order valence-corrected chi connectivity index (χ2v) is 12.1. The van der Waals surface area contributed by atoms with E-state index in [0.717, 1.165) is 5.56 Å². The highest BCUT2D eigenvalue weighted by Crippen LogP contribution is 2.41. The summed E-state index contributed by atoms with van der Waals surface area (Å²) < 4.78 is 45.0. The smallest absolute Gasteiger partial charge is 0.344 e. The van der Waals surface area contributed by atoms with Gasteiger partial charge in [-0.3, -0.25) is 9.59 Å². The van der Waals surface area contributed by atoms with Gasteiger partial charge >= 0.3 is 5.97 Å². The topological polar surface area (TPSA) is 152 Å². The van der Waals surface area contributed by atoms with Crippen LogP contribution in [0.2, 0.25) is 0 Å². The van der Waals surface area contributed by atoms with Crippen LogP contribution in [0.3, 0.4) is 0 Å². The molecule has 5 rings (SSSR count). The second-order valence-electron chi connectivity index (χ2n) is 12.1. The Morgan fingerprint density at radius 3 is 2.19 bits per heavy atom. The molecule has 4 aromatic rings. The zero-order chi connectivity index (χ0) is 36.7. The highest BCUT2D eigenvalue weighted by molar-refractivity contribution is 5.86. The first-order valence-corrected chi connectivity index (χ1v) is 16.3. The lowest BCUT2D eigenvalue weighted by molar-refractivity contribution is -0.926. The summed E-state index contributed by atoms with van der Waals surface area (Å²) in [6.45, 7) is 4.40. The third-order valence-electron chi connectivity index (χ3n) is 8.75. The van der Waals surface area contributed by atoms with E-state index < -0.39 is 11.4 Å². The molecular weight excluding hydrogens is 791 g/mol. The second kappa shape index (κ2) is 17.5. The Kier molecular flexibility index (Phi) is 13.5. The number of phenolic OH excluding ortho intramolecular Hbond substituents is 1. The largest absolute Gasteiger partial charge is 1.00 e. The lowest BCUT2D eigenvalue weighted by Gasteiger charge is -2.42. The maximum Gasteiger partial charge on any atom is 0.344 e. The van der Waals surface area contributed by atoms with Gasteiger partial charge in [0.05, 0.1) is 73.8 Å². The Hall–Kier alpha value is -4.90. The zero-order valence-electron chi connectivity index (χ0n) is 30.0. The number of ether oxygens (including phenoxy) is 7. The molecule has 52 heavy (non-hydrogen) atoms. The Balaban J connectivity index is 0.00000605. The van der Waals surface area contributed by atoms with Crippen molar-refractivity contribution in [3.8, 4) is 51.6 Å². The molecule has 1 N–H and O–H groups in total. The van der Waals surface area contributed by atoms with Gasteiger partial charge in [0.1, 0.15) is 34.8 Å².